The summed E-state index contributed by atoms with van der Waals surface area (Å²) in [4.78, 5) is 11.2. The number of amides is 1. The molecule has 0 radical (unpaired) electrons. The molecule has 136 valence electrons. The zero-order chi connectivity index (χ0) is 16.8. The molecule has 0 aliphatic carbocycles. The van der Waals surface area contributed by atoms with Gasteiger partial charge in [-0.05, 0) is 25.7 Å². The molecule has 1 aliphatic rings. The predicted octanol–water partition coefficient (Wildman–Crippen LogP) is 4.69. The van der Waals surface area contributed by atoms with Crippen molar-refractivity contribution in [3.8, 4) is 0 Å². The van der Waals surface area contributed by atoms with Gasteiger partial charge in [0.2, 0.25) is 5.91 Å². The highest BCUT2D eigenvalue weighted by Crippen LogP contribution is 2.20. The Hall–Kier alpha value is -0.610. The van der Waals surface area contributed by atoms with Gasteiger partial charge in [0.05, 0.1) is 12.5 Å². The highest BCUT2D eigenvalue weighted by atomic mass is 16.7. The number of carbonyl (C=O) groups is 1. The summed E-state index contributed by atoms with van der Waals surface area (Å²) in [7, 11) is 0. The third-order valence-corrected chi connectivity index (χ3v) is 4.54. The van der Waals surface area contributed by atoms with Crippen molar-refractivity contribution in [2.75, 3.05) is 6.61 Å². The zero-order valence-corrected chi connectivity index (χ0v) is 15.1. The highest BCUT2D eigenvalue weighted by Gasteiger charge is 2.20. The van der Waals surface area contributed by atoms with Crippen molar-refractivity contribution in [1.82, 2.24) is 0 Å². The van der Waals surface area contributed by atoms with E-state index < -0.39 is 0 Å². The predicted molar refractivity (Wildman–Crippen MR) is 94.1 cm³/mol. The van der Waals surface area contributed by atoms with Gasteiger partial charge in [-0.25, -0.2) is 0 Å². The van der Waals surface area contributed by atoms with E-state index in [-0.39, 0.29) is 18.3 Å². The molecule has 4 nitrogen and oxygen atoms in total. The lowest BCUT2D eigenvalue weighted by atomic mass is 10.0. The minimum atomic E-state index is -0.276. The van der Waals surface area contributed by atoms with Crippen LogP contribution in [0.2, 0.25) is 0 Å². The van der Waals surface area contributed by atoms with Gasteiger partial charge in [-0.3, -0.25) is 4.79 Å². The molecule has 0 aromatic rings. The van der Waals surface area contributed by atoms with Crippen LogP contribution in [0.5, 0.6) is 0 Å². The van der Waals surface area contributed by atoms with Crippen molar-refractivity contribution in [3.63, 3.8) is 0 Å². The van der Waals surface area contributed by atoms with E-state index in [1.807, 2.05) is 0 Å². The van der Waals surface area contributed by atoms with E-state index in [9.17, 15) is 4.79 Å². The topological polar surface area (TPSA) is 61.6 Å². The number of unbranched alkanes of at least 4 members (excludes halogenated alkanes) is 8. The maximum Gasteiger partial charge on any atom is 0.220 e. The number of rotatable bonds is 14. The Morgan fingerprint density at radius 3 is 2.30 bits per heavy atom. The molecule has 1 aliphatic heterocycles. The summed E-state index contributed by atoms with van der Waals surface area (Å²) in [5.41, 5.74) is 5.35. The number of ether oxygens (including phenoxy) is 2. The SMILES string of the molecule is CCCCCCCCCCC[C@H](CC(N)=O)OC1CCCCO1. The van der Waals surface area contributed by atoms with E-state index in [0.717, 1.165) is 38.7 Å². The number of hydrogen-bond donors (Lipinski definition) is 1. The van der Waals surface area contributed by atoms with Crippen LogP contribution in [0.1, 0.15) is 96.8 Å². The first-order chi connectivity index (χ1) is 11.2. The van der Waals surface area contributed by atoms with Crippen LogP contribution in [-0.2, 0) is 14.3 Å². The Labute approximate surface area is 142 Å². The Balaban J connectivity index is 2.07. The summed E-state index contributed by atoms with van der Waals surface area (Å²) >= 11 is 0. The number of carbonyl (C=O) groups excluding carboxylic acids is 1. The summed E-state index contributed by atoms with van der Waals surface area (Å²) in [6.45, 7) is 3.02. The van der Waals surface area contributed by atoms with Gasteiger partial charge in [-0.1, -0.05) is 64.7 Å². The van der Waals surface area contributed by atoms with Crippen LogP contribution < -0.4 is 5.73 Å². The van der Waals surface area contributed by atoms with Crippen LogP contribution >= 0.6 is 0 Å². The molecule has 0 saturated carbocycles. The first-order valence-electron chi connectivity index (χ1n) is 9.77. The lowest BCUT2D eigenvalue weighted by molar-refractivity contribution is -0.190. The highest BCUT2D eigenvalue weighted by molar-refractivity contribution is 5.74. The van der Waals surface area contributed by atoms with Gasteiger partial charge in [0.1, 0.15) is 0 Å². The summed E-state index contributed by atoms with van der Waals surface area (Å²) in [5.74, 6) is -0.276. The fourth-order valence-electron chi connectivity index (χ4n) is 3.16. The molecule has 1 saturated heterocycles. The number of primary amides is 1. The van der Waals surface area contributed by atoms with Crippen molar-refractivity contribution >= 4 is 5.91 Å². The molecule has 0 aromatic carbocycles. The van der Waals surface area contributed by atoms with Crippen molar-refractivity contribution in [2.24, 2.45) is 5.73 Å². The molecule has 1 fully saturated rings. The van der Waals surface area contributed by atoms with E-state index in [2.05, 4.69) is 6.92 Å². The Morgan fingerprint density at radius 1 is 1.09 bits per heavy atom. The van der Waals surface area contributed by atoms with Crippen LogP contribution in [-0.4, -0.2) is 24.9 Å². The molecule has 0 aromatic heterocycles. The average molecular weight is 328 g/mol. The van der Waals surface area contributed by atoms with Crippen LogP contribution in [0.3, 0.4) is 0 Å². The van der Waals surface area contributed by atoms with Gasteiger partial charge in [0.25, 0.3) is 0 Å². The second-order valence-electron chi connectivity index (χ2n) is 6.84. The summed E-state index contributed by atoms with van der Waals surface area (Å²) in [5, 5.41) is 0. The molecule has 0 spiro atoms. The van der Waals surface area contributed by atoms with Crippen molar-refractivity contribution in [1.29, 1.82) is 0 Å². The van der Waals surface area contributed by atoms with Gasteiger partial charge in [-0.2, -0.15) is 0 Å². The fourth-order valence-corrected chi connectivity index (χ4v) is 3.16. The number of nitrogens with two attached hydrogens (primary N) is 1. The Morgan fingerprint density at radius 2 is 1.74 bits per heavy atom. The third-order valence-electron chi connectivity index (χ3n) is 4.54. The number of hydrogen-bond acceptors (Lipinski definition) is 3. The quantitative estimate of drug-likeness (QED) is 0.471. The molecular weight excluding hydrogens is 290 g/mol. The maximum atomic E-state index is 11.2. The van der Waals surface area contributed by atoms with Gasteiger partial charge in [-0.15, -0.1) is 0 Å². The first-order valence-corrected chi connectivity index (χ1v) is 9.77. The van der Waals surface area contributed by atoms with Gasteiger partial charge >= 0.3 is 0 Å². The molecule has 23 heavy (non-hydrogen) atoms. The minimum absolute atomic E-state index is 0.0693. The van der Waals surface area contributed by atoms with Crippen molar-refractivity contribution in [3.05, 3.63) is 0 Å². The molecule has 1 heterocycles. The minimum Gasteiger partial charge on any atom is -0.370 e. The summed E-state index contributed by atoms with van der Waals surface area (Å²) in [6, 6.07) is 0. The molecule has 1 amide bonds. The second kappa shape index (κ2) is 13.8. The Bertz CT molecular complexity index is 290. The van der Waals surface area contributed by atoms with Gasteiger partial charge < -0.3 is 15.2 Å². The Kier molecular flexibility index (Phi) is 12.3. The summed E-state index contributed by atoms with van der Waals surface area (Å²) in [6.07, 6.45) is 16.0. The largest absolute Gasteiger partial charge is 0.370 e. The molecule has 2 atom stereocenters. The first kappa shape index (κ1) is 20.4. The molecule has 1 unspecified atom stereocenters. The van der Waals surface area contributed by atoms with Crippen LogP contribution in [0.4, 0.5) is 0 Å². The van der Waals surface area contributed by atoms with E-state index >= 15 is 0 Å². The van der Waals surface area contributed by atoms with E-state index in [1.165, 1.54) is 51.4 Å². The lowest BCUT2D eigenvalue weighted by Crippen LogP contribution is -2.31. The molecule has 1 rings (SSSR count). The van der Waals surface area contributed by atoms with Crippen molar-refractivity contribution < 1.29 is 14.3 Å². The second-order valence-corrected chi connectivity index (χ2v) is 6.84. The maximum absolute atomic E-state index is 11.2. The van der Waals surface area contributed by atoms with Gasteiger partial charge in [0, 0.05) is 6.61 Å². The van der Waals surface area contributed by atoms with E-state index in [1.54, 1.807) is 0 Å². The summed E-state index contributed by atoms with van der Waals surface area (Å²) < 4.78 is 11.6. The van der Waals surface area contributed by atoms with Crippen LogP contribution in [0.25, 0.3) is 0 Å². The third kappa shape index (κ3) is 11.5. The lowest BCUT2D eigenvalue weighted by Gasteiger charge is -2.27. The van der Waals surface area contributed by atoms with E-state index in [0.29, 0.717) is 6.42 Å². The monoisotopic (exact) mass is 327 g/mol. The average Bonchev–Trinajstić information content (AvgIpc) is 2.53. The van der Waals surface area contributed by atoms with Crippen molar-refractivity contribution in [2.45, 2.75) is 109 Å². The smallest absolute Gasteiger partial charge is 0.220 e. The molecule has 4 heteroatoms. The van der Waals surface area contributed by atoms with E-state index in [4.69, 9.17) is 15.2 Å². The standard InChI is InChI=1S/C19H37NO3/c1-2-3-4-5-6-7-8-9-10-13-17(16-18(20)21)23-19-14-11-12-15-22-19/h17,19H,2-16H2,1H3,(H2,20,21)/t17-,19?/m1/s1. The molecule has 0 bridgehead atoms. The molecular formula is C19H37NO3. The molecule has 2 N–H and O–H groups in total. The van der Waals surface area contributed by atoms with Crippen LogP contribution in [0, 0.1) is 0 Å². The normalized spacial score (nSPS) is 19.6. The van der Waals surface area contributed by atoms with Crippen LogP contribution in [0.15, 0.2) is 0 Å². The zero-order valence-electron chi connectivity index (χ0n) is 15.1. The van der Waals surface area contributed by atoms with Gasteiger partial charge in [0.15, 0.2) is 6.29 Å². The fraction of sp³-hybridized carbons (Fsp3) is 0.947.